The molecule has 10 nitrogen and oxygen atoms in total. The van der Waals surface area contributed by atoms with Crippen molar-refractivity contribution in [3.8, 4) is 17.1 Å². The number of aromatic nitrogens is 6. The SMILES string of the molecule is COC(=O)[C@H]1CCC[C@H](Oc2ccc(-c3nnn(C)c3CNc3nccc(C(F)F)n3)nc2C2CC2)C1. The highest BCUT2D eigenvalue weighted by atomic mass is 19.3. The average molecular weight is 514 g/mol. The number of hydrogen-bond acceptors (Lipinski definition) is 9. The fourth-order valence-electron chi connectivity index (χ4n) is 4.67. The van der Waals surface area contributed by atoms with Crippen LogP contribution in [0.15, 0.2) is 24.4 Å². The van der Waals surface area contributed by atoms with Gasteiger partial charge in [-0.1, -0.05) is 5.21 Å². The summed E-state index contributed by atoms with van der Waals surface area (Å²) in [5.74, 6) is 0.832. The summed E-state index contributed by atoms with van der Waals surface area (Å²) in [4.78, 5) is 24.8. The minimum Gasteiger partial charge on any atom is -0.488 e. The van der Waals surface area contributed by atoms with Crippen LogP contribution in [0.5, 0.6) is 5.75 Å². The van der Waals surface area contributed by atoms with Crippen molar-refractivity contribution >= 4 is 11.9 Å². The van der Waals surface area contributed by atoms with Crippen molar-refractivity contribution in [1.82, 2.24) is 29.9 Å². The molecule has 0 aromatic carbocycles. The lowest BCUT2D eigenvalue weighted by Gasteiger charge is -2.28. The molecule has 37 heavy (non-hydrogen) atoms. The second-order valence-electron chi connectivity index (χ2n) is 9.45. The first-order valence-electron chi connectivity index (χ1n) is 12.4. The first-order valence-corrected chi connectivity index (χ1v) is 12.4. The van der Waals surface area contributed by atoms with Gasteiger partial charge in [-0.05, 0) is 56.7 Å². The number of anilines is 1. The van der Waals surface area contributed by atoms with Gasteiger partial charge < -0.3 is 14.8 Å². The standard InChI is InChI=1S/C25H29F2N7O3/c1-34-19(13-29-25-28-11-10-18(31-25)23(26)27)22(32-33-34)17-8-9-20(21(30-17)14-6-7-14)37-16-5-3-4-15(12-16)24(35)36-2/h8-11,14-16,23H,3-7,12-13H2,1-2H3,(H,28,29,31)/t15-,16-/m0/s1. The van der Waals surface area contributed by atoms with Crippen LogP contribution >= 0.6 is 0 Å². The van der Waals surface area contributed by atoms with Crippen LogP contribution in [0.3, 0.4) is 0 Å². The molecule has 2 aliphatic carbocycles. The summed E-state index contributed by atoms with van der Waals surface area (Å²) in [7, 11) is 3.18. The maximum atomic E-state index is 13.0. The number of aryl methyl sites for hydroxylation is 1. The molecule has 0 amide bonds. The number of rotatable bonds is 9. The highest BCUT2D eigenvalue weighted by Crippen LogP contribution is 2.45. The average Bonchev–Trinajstić information content (AvgIpc) is 3.70. The highest BCUT2D eigenvalue weighted by Gasteiger charge is 2.33. The Bertz CT molecular complexity index is 1260. The zero-order valence-corrected chi connectivity index (χ0v) is 20.7. The second kappa shape index (κ2) is 10.7. The normalized spacial score (nSPS) is 19.6. The zero-order chi connectivity index (χ0) is 25.9. The van der Waals surface area contributed by atoms with Crippen LogP contribution in [0.1, 0.15) is 68.0 Å². The molecule has 2 saturated carbocycles. The molecule has 0 bridgehead atoms. The van der Waals surface area contributed by atoms with Crippen molar-refractivity contribution in [2.45, 2.75) is 63.5 Å². The van der Waals surface area contributed by atoms with E-state index in [-0.39, 0.29) is 36.2 Å². The van der Waals surface area contributed by atoms with Gasteiger partial charge >= 0.3 is 5.97 Å². The quantitative estimate of drug-likeness (QED) is 0.420. The lowest BCUT2D eigenvalue weighted by atomic mass is 9.87. The third kappa shape index (κ3) is 5.67. The topological polar surface area (TPSA) is 117 Å². The summed E-state index contributed by atoms with van der Waals surface area (Å²) < 4.78 is 38.9. The number of methoxy groups -OCH3 is 1. The number of carbonyl (C=O) groups excluding carboxylic acids is 1. The molecular weight excluding hydrogens is 484 g/mol. The van der Waals surface area contributed by atoms with Gasteiger partial charge in [0, 0.05) is 19.2 Å². The molecule has 2 aliphatic rings. The Labute approximate surface area is 212 Å². The molecule has 0 aliphatic heterocycles. The van der Waals surface area contributed by atoms with E-state index in [2.05, 4.69) is 25.6 Å². The van der Waals surface area contributed by atoms with Crippen molar-refractivity contribution in [2.75, 3.05) is 12.4 Å². The number of esters is 1. The fourth-order valence-corrected chi connectivity index (χ4v) is 4.67. The van der Waals surface area contributed by atoms with Gasteiger partial charge in [-0.3, -0.25) is 4.79 Å². The highest BCUT2D eigenvalue weighted by molar-refractivity contribution is 5.72. The van der Waals surface area contributed by atoms with Crippen LogP contribution in [-0.4, -0.2) is 49.1 Å². The van der Waals surface area contributed by atoms with Crippen LogP contribution in [0.4, 0.5) is 14.7 Å². The van der Waals surface area contributed by atoms with E-state index >= 15 is 0 Å². The number of hydrogen-bond donors (Lipinski definition) is 1. The Morgan fingerprint density at radius 1 is 1.19 bits per heavy atom. The van der Waals surface area contributed by atoms with Crippen LogP contribution in [0, 0.1) is 5.92 Å². The van der Waals surface area contributed by atoms with Gasteiger partial charge in [0.25, 0.3) is 6.43 Å². The fraction of sp³-hybridized carbons (Fsp3) is 0.520. The number of carbonyl (C=O) groups is 1. The number of pyridine rings is 1. The molecule has 3 aromatic rings. The molecule has 5 rings (SSSR count). The van der Waals surface area contributed by atoms with Gasteiger partial charge in [0.1, 0.15) is 17.1 Å². The maximum absolute atomic E-state index is 13.0. The predicted molar refractivity (Wildman–Crippen MR) is 129 cm³/mol. The van der Waals surface area contributed by atoms with Crippen LogP contribution < -0.4 is 10.1 Å². The van der Waals surface area contributed by atoms with Gasteiger partial charge in [0.15, 0.2) is 0 Å². The Hall–Kier alpha value is -3.70. The Balaban J connectivity index is 1.35. The van der Waals surface area contributed by atoms with Gasteiger partial charge in [0.05, 0.1) is 42.8 Å². The van der Waals surface area contributed by atoms with Crippen molar-refractivity contribution in [2.24, 2.45) is 13.0 Å². The van der Waals surface area contributed by atoms with E-state index in [9.17, 15) is 13.6 Å². The van der Waals surface area contributed by atoms with Crippen molar-refractivity contribution in [3.63, 3.8) is 0 Å². The van der Waals surface area contributed by atoms with Gasteiger partial charge in [0.2, 0.25) is 5.95 Å². The number of nitrogens with one attached hydrogen (secondary N) is 1. The molecule has 3 aromatic heterocycles. The molecule has 0 unspecified atom stereocenters. The molecule has 2 fully saturated rings. The first-order chi connectivity index (χ1) is 17.9. The van der Waals surface area contributed by atoms with Crippen molar-refractivity contribution < 1.29 is 23.0 Å². The predicted octanol–water partition coefficient (Wildman–Crippen LogP) is 4.20. The molecule has 0 saturated heterocycles. The largest absolute Gasteiger partial charge is 0.488 e. The molecule has 0 radical (unpaired) electrons. The van der Waals surface area contributed by atoms with Crippen LogP contribution in [-0.2, 0) is 23.1 Å². The first kappa shape index (κ1) is 25.0. The van der Waals surface area contributed by atoms with E-state index in [1.807, 2.05) is 12.1 Å². The van der Waals surface area contributed by atoms with E-state index in [0.717, 1.165) is 43.5 Å². The van der Waals surface area contributed by atoms with E-state index < -0.39 is 6.43 Å². The Morgan fingerprint density at radius 2 is 2.03 bits per heavy atom. The molecular formula is C25H29F2N7O3. The summed E-state index contributed by atoms with van der Waals surface area (Å²) >= 11 is 0. The third-order valence-electron chi connectivity index (χ3n) is 6.80. The molecule has 3 heterocycles. The summed E-state index contributed by atoms with van der Waals surface area (Å²) in [6.45, 7) is 0.223. The van der Waals surface area contributed by atoms with Gasteiger partial charge in [-0.15, -0.1) is 5.10 Å². The summed E-state index contributed by atoms with van der Waals surface area (Å²) in [5.41, 5.74) is 2.48. The summed E-state index contributed by atoms with van der Waals surface area (Å²) in [6.07, 6.45) is 3.87. The lowest BCUT2D eigenvalue weighted by Crippen LogP contribution is -2.30. The zero-order valence-electron chi connectivity index (χ0n) is 20.7. The van der Waals surface area contributed by atoms with Crippen LogP contribution in [0.25, 0.3) is 11.4 Å². The number of nitrogens with zero attached hydrogens (tertiary/aromatic N) is 6. The molecule has 12 heteroatoms. The van der Waals surface area contributed by atoms with E-state index in [0.29, 0.717) is 29.4 Å². The number of alkyl halides is 2. The van der Waals surface area contributed by atoms with Gasteiger partial charge in [-0.2, -0.15) is 0 Å². The smallest absolute Gasteiger partial charge is 0.308 e. The van der Waals surface area contributed by atoms with Crippen molar-refractivity contribution in [3.05, 3.63) is 41.5 Å². The third-order valence-corrected chi connectivity index (χ3v) is 6.80. The Kier molecular flexibility index (Phi) is 7.24. The Morgan fingerprint density at radius 3 is 2.78 bits per heavy atom. The van der Waals surface area contributed by atoms with Crippen LogP contribution in [0.2, 0.25) is 0 Å². The number of halogens is 2. The van der Waals surface area contributed by atoms with E-state index in [4.69, 9.17) is 14.5 Å². The second-order valence-corrected chi connectivity index (χ2v) is 9.45. The molecule has 196 valence electrons. The minimum atomic E-state index is -2.68. The summed E-state index contributed by atoms with van der Waals surface area (Å²) in [6, 6.07) is 4.95. The number of ether oxygens (including phenoxy) is 2. The molecule has 2 atom stereocenters. The monoisotopic (exact) mass is 513 g/mol. The minimum absolute atomic E-state index is 0.0664. The lowest BCUT2D eigenvalue weighted by molar-refractivity contribution is -0.147. The molecule has 0 spiro atoms. The van der Waals surface area contributed by atoms with E-state index in [1.165, 1.54) is 19.4 Å². The maximum Gasteiger partial charge on any atom is 0.308 e. The van der Waals surface area contributed by atoms with Crippen molar-refractivity contribution in [1.29, 1.82) is 0 Å². The van der Waals surface area contributed by atoms with Gasteiger partial charge in [-0.25, -0.2) is 28.4 Å². The van der Waals surface area contributed by atoms with E-state index in [1.54, 1.807) is 11.7 Å². The summed E-state index contributed by atoms with van der Waals surface area (Å²) in [5, 5.41) is 11.4. The molecule has 1 N–H and O–H groups in total.